The number of carbonyl (C=O) groups is 1. The minimum Gasteiger partial charge on any atom is -0.494 e. The van der Waals surface area contributed by atoms with Crippen molar-refractivity contribution in [2.24, 2.45) is 0 Å². The van der Waals surface area contributed by atoms with Crippen LogP contribution >= 0.6 is 12.2 Å². The van der Waals surface area contributed by atoms with Crippen molar-refractivity contribution < 1.29 is 19.0 Å². The summed E-state index contributed by atoms with van der Waals surface area (Å²) in [6.07, 6.45) is 2.11. The summed E-state index contributed by atoms with van der Waals surface area (Å²) in [5, 5.41) is 5.87. The summed E-state index contributed by atoms with van der Waals surface area (Å²) in [6, 6.07) is 14.4. The highest BCUT2D eigenvalue weighted by Gasteiger charge is 2.13. The number of carbonyl (C=O) groups excluding carboxylic acids is 1. The third-order valence-corrected chi connectivity index (χ3v) is 3.99. The van der Waals surface area contributed by atoms with Gasteiger partial charge < -0.3 is 19.5 Å². The molecule has 1 amide bonds. The highest BCUT2D eigenvalue weighted by Crippen LogP contribution is 2.18. The summed E-state index contributed by atoms with van der Waals surface area (Å²) in [5.74, 6) is 0.939. The van der Waals surface area contributed by atoms with Crippen LogP contribution in [0.3, 0.4) is 0 Å². The first kappa shape index (κ1) is 21.7. The summed E-state index contributed by atoms with van der Waals surface area (Å²) >= 11 is 5.25. The first-order valence-electron chi connectivity index (χ1n) is 9.20. The number of nitrogens with one attached hydrogen (secondary N) is 2. The fourth-order valence-electron chi connectivity index (χ4n) is 2.32. The predicted octanol–water partition coefficient (Wildman–Crippen LogP) is 4.02. The smallest absolute Gasteiger partial charge is 0.261 e. The van der Waals surface area contributed by atoms with Crippen molar-refractivity contribution in [3.63, 3.8) is 0 Å². The van der Waals surface area contributed by atoms with Gasteiger partial charge in [0.15, 0.2) is 5.11 Å². The lowest BCUT2D eigenvalue weighted by Gasteiger charge is -2.13. The Bertz CT molecular complexity index is 765. The van der Waals surface area contributed by atoms with Crippen LogP contribution in [0.25, 0.3) is 0 Å². The van der Waals surface area contributed by atoms with E-state index in [2.05, 4.69) is 17.6 Å². The third-order valence-electron chi connectivity index (χ3n) is 3.78. The molecular formula is C21H26N2O4S. The molecule has 2 aromatic rings. The van der Waals surface area contributed by atoms with E-state index in [-0.39, 0.29) is 11.0 Å². The van der Waals surface area contributed by atoms with Gasteiger partial charge in [0.05, 0.1) is 18.8 Å². The number of methoxy groups -OCH3 is 1. The van der Waals surface area contributed by atoms with E-state index in [1.165, 1.54) is 0 Å². The molecule has 0 aliphatic rings. The largest absolute Gasteiger partial charge is 0.494 e. The van der Waals surface area contributed by atoms with E-state index < -0.39 is 0 Å². The van der Waals surface area contributed by atoms with Crippen LogP contribution in [0.2, 0.25) is 0 Å². The Balaban J connectivity index is 1.90. The molecule has 0 aliphatic heterocycles. The molecule has 7 heteroatoms. The second kappa shape index (κ2) is 11.9. The van der Waals surface area contributed by atoms with Crippen LogP contribution in [0.5, 0.6) is 11.5 Å². The number of unbranched alkanes of at least 4 members (excludes halogenated alkanes) is 1. The Labute approximate surface area is 171 Å². The van der Waals surface area contributed by atoms with Crippen LogP contribution in [-0.4, -0.2) is 38.0 Å². The standard InChI is InChI=1S/C21H26N2O4S/c1-3-4-13-26-17-11-9-16(10-12-17)22-21(28)23-20(24)18-7-5-6-8-19(18)27-15-14-25-2/h5-12H,3-4,13-15H2,1-2H3,(H2,22,23,24,28). The fourth-order valence-corrected chi connectivity index (χ4v) is 2.53. The van der Waals surface area contributed by atoms with Crippen LogP contribution in [0.1, 0.15) is 30.1 Å². The molecule has 0 aliphatic carbocycles. The average molecular weight is 403 g/mol. The van der Waals surface area contributed by atoms with Gasteiger partial charge >= 0.3 is 0 Å². The van der Waals surface area contributed by atoms with E-state index in [4.69, 9.17) is 26.4 Å². The van der Waals surface area contributed by atoms with Gasteiger partial charge in [-0.1, -0.05) is 25.5 Å². The summed E-state index contributed by atoms with van der Waals surface area (Å²) < 4.78 is 16.2. The molecule has 2 rings (SSSR count). The second-order valence-corrected chi connectivity index (χ2v) is 6.38. The molecule has 0 saturated heterocycles. The maximum absolute atomic E-state index is 12.5. The van der Waals surface area contributed by atoms with Crippen LogP contribution in [0.4, 0.5) is 5.69 Å². The molecule has 2 aromatic carbocycles. The van der Waals surface area contributed by atoms with Crippen LogP contribution in [0.15, 0.2) is 48.5 Å². The first-order chi connectivity index (χ1) is 13.6. The number of hydrogen-bond acceptors (Lipinski definition) is 5. The molecule has 0 radical (unpaired) electrons. The third kappa shape index (κ3) is 7.17. The van der Waals surface area contributed by atoms with Gasteiger partial charge in [0.2, 0.25) is 0 Å². The lowest BCUT2D eigenvalue weighted by Crippen LogP contribution is -2.34. The van der Waals surface area contributed by atoms with Crippen molar-refractivity contribution in [2.75, 3.05) is 32.2 Å². The number of anilines is 1. The minimum absolute atomic E-state index is 0.205. The van der Waals surface area contributed by atoms with Gasteiger partial charge in [-0.25, -0.2) is 0 Å². The average Bonchev–Trinajstić information content (AvgIpc) is 2.70. The van der Waals surface area contributed by atoms with E-state index in [0.29, 0.717) is 31.1 Å². The Kier molecular flexibility index (Phi) is 9.24. The zero-order valence-corrected chi connectivity index (χ0v) is 17.0. The van der Waals surface area contributed by atoms with Gasteiger partial charge in [-0.05, 0) is 55.0 Å². The molecule has 0 atom stereocenters. The quantitative estimate of drug-likeness (QED) is 0.462. The van der Waals surface area contributed by atoms with Crippen molar-refractivity contribution in [3.05, 3.63) is 54.1 Å². The van der Waals surface area contributed by atoms with Gasteiger partial charge in [0, 0.05) is 12.8 Å². The molecule has 28 heavy (non-hydrogen) atoms. The van der Waals surface area contributed by atoms with E-state index in [9.17, 15) is 4.79 Å². The molecule has 0 spiro atoms. The SMILES string of the molecule is CCCCOc1ccc(NC(=S)NC(=O)c2ccccc2OCCOC)cc1. The topological polar surface area (TPSA) is 68.8 Å². The molecule has 0 heterocycles. The van der Waals surface area contributed by atoms with Gasteiger partial charge in [-0.15, -0.1) is 0 Å². The molecule has 2 N–H and O–H groups in total. The van der Waals surface area contributed by atoms with Crippen LogP contribution < -0.4 is 20.1 Å². The Hall–Kier alpha value is -2.64. The maximum atomic E-state index is 12.5. The molecular weight excluding hydrogens is 376 g/mol. The van der Waals surface area contributed by atoms with Gasteiger partial charge in [-0.3, -0.25) is 10.1 Å². The Morgan fingerprint density at radius 3 is 2.46 bits per heavy atom. The molecule has 0 aromatic heterocycles. The number of amides is 1. The number of thiocarbonyl (C=S) groups is 1. The van der Waals surface area contributed by atoms with Gasteiger partial charge in [0.25, 0.3) is 5.91 Å². The maximum Gasteiger partial charge on any atom is 0.261 e. The summed E-state index contributed by atoms with van der Waals surface area (Å²) in [7, 11) is 1.59. The van der Waals surface area contributed by atoms with Crippen molar-refractivity contribution in [1.29, 1.82) is 0 Å². The first-order valence-corrected chi connectivity index (χ1v) is 9.60. The number of ether oxygens (including phenoxy) is 3. The highest BCUT2D eigenvalue weighted by molar-refractivity contribution is 7.80. The molecule has 0 bridgehead atoms. The number of benzene rings is 2. The summed E-state index contributed by atoms with van der Waals surface area (Å²) in [6.45, 7) is 3.61. The van der Waals surface area contributed by atoms with Crippen LogP contribution in [-0.2, 0) is 4.74 Å². The summed E-state index contributed by atoms with van der Waals surface area (Å²) in [5.41, 5.74) is 1.17. The number of hydrogen-bond donors (Lipinski definition) is 2. The Morgan fingerprint density at radius 2 is 1.75 bits per heavy atom. The van der Waals surface area contributed by atoms with Gasteiger partial charge in [-0.2, -0.15) is 0 Å². The van der Waals surface area contributed by atoms with E-state index in [1.54, 1.807) is 31.4 Å². The number of rotatable bonds is 10. The molecule has 6 nitrogen and oxygen atoms in total. The normalized spacial score (nSPS) is 10.2. The van der Waals surface area contributed by atoms with E-state index in [0.717, 1.165) is 24.3 Å². The minimum atomic E-state index is -0.343. The monoisotopic (exact) mass is 402 g/mol. The predicted molar refractivity (Wildman–Crippen MR) is 114 cm³/mol. The zero-order chi connectivity index (χ0) is 20.2. The van der Waals surface area contributed by atoms with Crippen molar-refractivity contribution >= 4 is 28.9 Å². The lowest BCUT2D eigenvalue weighted by molar-refractivity contribution is 0.0970. The zero-order valence-electron chi connectivity index (χ0n) is 16.2. The molecule has 150 valence electrons. The van der Waals surface area contributed by atoms with Crippen molar-refractivity contribution in [3.8, 4) is 11.5 Å². The van der Waals surface area contributed by atoms with Crippen molar-refractivity contribution in [2.45, 2.75) is 19.8 Å². The Morgan fingerprint density at radius 1 is 1.00 bits per heavy atom. The number of para-hydroxylation sites is 1. The highest BCUT2D eigenvalue weighted by atomic mass is 32.1. The van der Waals surface area contributed by atoms with E-state index >= 15 is 0 Å². The van der Waals surface area contributed by atoms with Gasteiger partial charge in [0.1, 0.15) is 18.1 Å². The lowest BCUT2D eigenvalue weighted by atomic mass is 10.2. The van der Waals surface area contributed by atoms with E-state index in [1.807, 2.05) is 24.3 Å². The van der Waals surface area contributed by atoms with Crippen molar-refractivity contribution in [1.82, 2.24) is 5.32 Å². The second-order valence-electron chi connectivity index (χ2n) is 5.97. The molecule has 0 fully saturated rings. The van der Waals surface area contributed by atoms with Crippen LogP contribution in [0, 0.1) is 0 Å². The fraction of sp³-hybridized carbons (Fsp3) is 0.333. The molecule has 0 unspecified atom stereocenters. The summed E-state index contributed by atoms with van der Waals surface area (Å²) in [4.78, 5) is 12.5. The molecule has 0 saturated carbocycles.